The molecule has 0 saturated carbocycles. The van der Waals surface area contributed by atoms with Crippen molar-refractivity contribution >= 4 is 5.69 Å². The summed E-state index contributed by atoms with van der Waals surface area (Å²) in [6.45, 7) is 5.77. The van der Waals surface area contributed by atoms with Crippen LogP contribution < -0.4 is 5.32 Å². The number of aromatic nitrogens is 3. The summed E-state index contributed by atoms with van der Waals surface area (Å²) < 4.78 is 1.92. The van der Waals surface area contributed by atoms with E-state index in [0.717, 1.165) is 17.9 Å². The SMILES string of the molecule is CC1CN(C)C(C)CC1Nc1cccc(-n2cnnc2)c1. The normalized spacial score (nSPS) is 26.7. The Morgan fingerprint density at radius 3 is 2.71 bits per heavy atom. The van der Waals surface area contributed by atoms with Crippen molar-refractivity contribution in [2.45, 2.75) is 32.4 Å². The molecule has 1 aromatic carbocycles. The fourth-order valence-electron chi connectivity index (χ4n) is 3.05. The zero-order valence-corrected chi connectivity index (χ0v) is 12.9. The second-order valence-electron chi connectivity index (χ2n) is 6.17. The van der Waals surface area contributed by atoms with Gasteiger partial charge in [0.05, 0.1) is 5.69 Å². The zero-order chi connectivity index (χ0) is 14.8. The first-order chi connectivity index (χ1) is 10.1. The second-order valence-corrected chi connectivity index (χ2v) is 6.17. The van der Waals surface area contributed by atoms with Crippen LogP contribution in [-0.4, -0.2) is 45.3 Å². The highest BCUT2D eigenvalue weighted by Crippen LogP contribution is 2.25. The highest BCUT2D eigenvalue weighted by Gasteiger charge is 2.28. The molecule has 0 aliphatic carbocycles. The third kappa shape index (κ3) is 3.08. The predicted octanol–water partition coefficient (Wildman–Crippen LogP) is 2.41. The molecule has 3 unspecified atom stereocenters. The van der Waals surface area contributed by atoms with Crippen LogP contribution in [0.25, 0.3) is 5.69 Å². The maximum atomic E-state index is 3.86. The van der Waals surface area contributed by atoms with Crippen LogP contribution in [0.1, 0.15) is 20.3 Å². The van der Waals surface area contributed by atoms with Crippen molar-refractivity contribution in [1.29, 1.82) is 0 Å². The summed E-state index contributed by atoms with van der Waals surface area (Å²) in [6, 6.07) is 9.56. The van der Waals surface area contributed by atoms with E-state index in [2.05, 4.69) is 65.6 Å². The molecule has 1 aliphatic rings. The standard InChI is InChI=1S/C16H23N5/c1-12-9-20(3)13(2)7-16(12)19-14-5-4-6-15(8-14)21-10-17-18-11-21/h4-6,8,10-13,16,19H,7,9H2,1-3H3. The molecule has 2 heterocycles. The highest BCUT2D eigenvalue weighted by molar-refractivity contribution is 5.51. The minimum Gasteiger partial charge on any atom is -0.382 e. The minimum absolute atomic E-state index is 0.521. The number of nitrogens with one attached hydrogen (secondary N) is 1. The van der Waals surface area contributed by atoms with Gasteiger partial charge in [-0.15, -0.1) is 10.2 Å². The molecule has 0 bridgehead atoms. The summed E-state index contributed by atoms with van der Waals surface area (Å²) in [6.07, 6.45) is 4.62. The predicted molar refractivity (Wildman–Crippen MR) is 84.6 cm³/mol. The molecule has 0 radical (unpaired) electrons. The Morgan fingerprint density at radius 2 is 1.95 bits per heavy atom. The Balaban J connectivity index is 1.74. The average molecular weight is 285 g/mol. The van der Waals surface area contributed by atoms with E-state index in [1.54, 1.807) is 12.7 Å². The maximum absolute atomic E-state index is 3.86. The number of benzene rings is 1. The van der Waals surface area contributed by atoms with E-state index in [-0.39, 0.29) is 0 Å². The van der Waals surface area contributed by atoms with Gasteiger partial charge >= 0.3 is 0 Å². The lowest BCUT2D eigenvalue weighted by molar-refractivity contribution is 0.145. The highest BCUT2D eigenvalue weighted by atomic mass is 15.2. The molecule has 21 heavy (non-hydrogen) atoms. The molecular weight excluding hydrogens is 262 g/mol. The number of piperidine rings is 1. The van der Waals surface area contributed by atoms with E-state index in [0.29, 0.717) is 18.0 Å². The van der Waals surface area contributed by atoms with Gasteiger partial charge < -0.3 is 10.2 Å². The molecular formula is C16H23N5. The Hall–Kier alpha value is -1.88. The monoisotopic (exact) mass is 285 g/mol. The van der Waals surface area contributed by atoms with Crippen LogP contribution in [0.3, 0.4) is 0 Å². The molecule has 3 atom stereocenters. The summed E-state index contributed by atoms with van der Waals surface area (Å²) in [5, 5.41) is 11.4. The van der Waals surface area contributed by atoms with Gasteiger partial charge in [0.2, 0.25) is 0 Å². The van der Waals surface area contributed by atoms with Gasteiger partial charge in [-0.2, -0.15) is 0 Å². The quantitative estimate of drug-likeness (QED) is 0.940. The first-order valence-corrected chi connectivity index (χ1v) is 7.55. The smallest absolute Gasteiger partial charge is 0.123 e. The van der Waals surface area contributed by atoms with Crippen LogP contribution in [0, 0.1) is 5.92 Å². The van der Waals surface area contributed by atoms with Crippen LogP contribution in [0.5, 0.6) is 0 Å². The second kappa shape index (κ2) is 5.85. The van der Waals surface area contributed by atoms with Gasteiger partial charge in [-0.25, -0.2) is 0 Å². The fraction of sp³-hybridized carbons (Fsp3) is 0.500. The molecule has 1 aromatic heterocycles. The van der Waals surface area contributed by atoms with Crippen molar-refractivity contribution in [2.75, 3.05) is 18.9 Å². The summed E-state index contributed by atoms with van der Waals surface area (Å²) in [5.41, 5.74) is 2.24. The van der Waals surface area contributed by atoms with Gasteiger partial charge in [-0.3, -0.25) is 4.57 Å². The van der Waals surface area contributed by atoms with E-state index >= 15 is 0 Å². The van der Waals surface area contributed by atoms with Crippen LogP contribution in [0.15, 0.2) is 36.9 Å². The van der Waals surface area contributed by atoms with E-state index in [4.69, 9.17) is 0 Å². The van der Waals surface area contributed by atoms with Crippen molar-refractivity contribution in [3.05, 3.63) is 36.9 Å². The van der Waals surface area contributed by atoms with Gasteiger partial charge in [0, 0.05) is 24.3 Å². The van der Waals surface area contributed by atoms with Crippen LogP contribution in [-0.2, 0) is 0 Å². The van der Waals surface area contributed by atoms with E-state index in [1.807, 2.05) is 4.57 Å². The van der Waals surface area contributed by atoms with E-state index in [1.165, 1.54) is 6.42 Å². The summed E-state index contributed by atoms with van der Waals surface area (Å²) >= 11 is 0. The molecule has 0 spiro atoms. The van der Waals surface area contributed by atoms with Crippen molar-refractivity contribution in [2.24, 2.45) is 5.92 Å². The molecule has 2 aromatic rings. The fourth-order valence-corrected chi connectivity index (χ4v) is 3.05. The largest absolute Gasteiger partial charge is 0.382 e. The molecule has 3 rings (SSSR count). The minimum atomic E-state index is 0.521. The van der Waals surface area contributed by atoms with Gasteiger partial charge in [0.25, 0.3) is 0 Å². The van der Waals surface area contributed by atoms with Gasteiger partial charge in [0.15, 0.2) is 0 Å². The molecule has 0 amide bonds. The van der Waals surface area contributed by atoms with Crippen LogP contribution in [0.4, 0.5) is 5.69 Å². The van der Waals surface area contributed by atoms with Crippen LogP contribution >= 0.6 is 0 Å². The number of hydrogen-bond donors (Lipinski definition) is 1. The molecule has 112 valence electrons. The Bertz CT molecular complexity index is 580. The van der Waals surface area contributed by atoms with Crippen molar-refractivity contribution in [3.63, 3.8) is 0 Å². The summed E-state index contributed by atoms with van der Waals surface area (Å²) in [4.78, 5) is 2.44. The van der Waals surface area contributed by atoms with Crippen molar-refractivity contribution in [3.8, 4) is 5.69 Å². The van der Waals surface area contributed by atoms with Gasteiger partial charge in [-0.05, 0) is 44.5 Å². The molecule has 5 heteroatoms. The lowest BCUT2D eigenvalue weighted by Crippen LogP contribution is -2.48. The number of likely N-dealkylation sites (tertiary alicyclic amines) is 1. The molecule has 5 nitrogen and oxygen atoms in total. The number of anilines is 1. The number of hydrogen-bond acceptors (Lipinski definition) is 4. The third-order valence-electron chi connectivity index (χ3n) is 4.53. The topological polar surface area (TPSA) is 46.0 Å². The summed E-state index contributed by atoms with van der Waals surface area (Å²) in [5.74, 6) is 0.643. The molecule has 1 N–H and O–H groups in total. The average Bonchev–Trinajstić information content (AvgIpc) is 2.99. The van der Waals surface area contributed by atoms with Crippen LogP contribution in [0.2, 0.25) is 0 Å². The lowest BCUT2D eigenvalue weighted by Gasteiger charge is -2.40. The lowest BCUT2D eigenvalue weighted by atomic mass is 9.89. The van der Waals surface area contributed by atoms with E-state index in [9.17, 15) is 0 Å². The van der Waals surface area contributed by atoms with Crippen molar-refractivity contribution < 1.29 is 0 Å². The number of rotatable bonds is 3. The Kier molecular flexibility index (Phi) is 3.92. The third-order valence-corrected chi connectivity index (χ3v) is 4.53. The van der Waals surface area contributed by atoms with E-state index < -0.39 is 0 Å². The zero-order valence-electron chi connectivity index (χ0n) is 12.9. The molecule has 1 saturated heterocycles. The first-order valence-electron chi connectivity index (χ1n) is 7.55. The summed E-state index contributed by atoms with van der Waals surface area (Å²) in [7, 11) is 2.21. The van der Waals surface area contributed by atoms with Gasteiger partial charge in [0.1, 0.15) is 12.7 Å². The maximum Gasteiger partial charge on any atom is 0.123 e. The van der Waals surface area contributed by atoms with Gasteiger partial charge in [-0.1, -0.05) is 13.0 Å². The van der Waals surface area contributed by atoms with Crippen molar-refractivity contribution in [1.82, 2.24) is 19.7 Å². The number of nitrogens with zero attached hydrogens (tertiary/aromatic N) is 4. The Morgan fingerprint density at radius 1 is 1.19 bits per heavy atom. The Labute approximate surface area is 126 Å². The molecule has 1 fully saturated rings. The molecule has 1 aliphatic heterocycles. The first kappa shape index (κ1) is 14.1.